The molecule has 4 heterocycles. The van der Waals surface area contributed by atoms with Crippen molar-refractivity contribution in [3.05, 3.63) is 176 Å². The third-order valence-electron chi connectivity index (χ3n) is 10.9. The number of hydrogen-bond donors (Lipinski definition) is 0. The second-order valence-electron chi connectivity index (χ2n) is 14.1. The topological polar surface area (TPSA) is 73.8 Å². The molecule has 4 aromatic heterocycles. The standard InChI is InChI=1S/C49H29N7/c1-2-16-31(17-3-1)45-52-46(36-24-14-18-30-15-4-5-19-32(30)36)54-47(53-45)39-29-38-34-21-9-12-27-42(34)55(44(38)35-22-7-6-20-33(35)39)49-51-40-25-10-8-23-37(40)48-50-41-26-11-13-28-43(41)56(48)49/h1-29H. The van der Waals surface area contributed by atoms with Crippen molar-refractivity contribution in [1.82, 2.24) is 33.9 Å². The maximum absolute atomic E-state index is 5.42. The quantitative estimate of drug-likeness (QED) is 0.181. The molecule has 0 amide bonds. The predicted octanol–water partition coefficient (Wildman–Crippen LogP) is 11.6. The normalized spacial score (nSPS) is 11.9. The predicted molar refractivity (Wildman–Crippen MR) is 227 cm³/mol. The van der Waals surface area contributed by atoms with Crippen LogP contribution < -0.4 is 0 Å². The van der Waals surface area contributed by atoms with Gasteiger partial charge in [-0.05, 0) is 52.6 Å². The zero-order valence-corrected chi connectivity index (χ0v) is 29.9. The van der Waals surface area contributed by atoms with Crippen molar-refractivity contribution < 1.29 is 0 Å². The van der Waals surface area contributed by atoms with Crippen LogP contribution >= 0.6 is 0 Å². The molecule has 8 aromatic carbocycles. The fourth-order valence-electron chi connectivity index (χ4n) is 8.45. The van der Waals surface area contributed by atoms with E-state index in [1.54, 1.807) is 0 Å². The van der Waals surface area contributed by atoms with Crippen LogP contribution in [-0.2, 0) is 0 Å². The first-order valence-corrected chi connectivity index (χ1v) is 18.7. The van der Waals surface area contributed by atoms with Crippen LogP contribution in [0.25, 0.3) is 111 Å². The van der Waals surface area contributed by atoms with Crippen LogP contribution in [0.2, 0.25) is 0 Å². The summed E-state index contributed by atoms with van der Waals surface area (Å²) in [5.74, 6) is 2.65. The molecule has 0 atom stereocenters. The zero-order chi connectivity index (χ0) is 36.7. The van der Waals surface area contributed by atoms with Crippen molar-refractivity contribution >= 4 is 70.9 Å². The minimum Gasteiger partial charge on any atom is -0.278 e. The molecular weight excluding hydrogens is 687 g/mol. The molecule has 0 fully saturated rings. The van der Waals surface area contributed by atoms with Crippen LogP contribution in [-0.4, -0.2) is 33.9 Å². The molecule has 7 nitrogen and oxygen atoms in total. The highest BCUT2D eigenvalue weighted by Crippen LogP contribution is 2.42. The van der Waals surface area contributed by atoms with E-state index in [1.165, 1.54) is 0 Å². The molecule has 0 N–H and O–H groups in total. The Morgan fingerprint density at radius 1 is 0.357 bits per heavy atom. The average Bonchev–Trinajstić information content (AvgIpc) is 3.83. The van der Waals surface area contributed by atoms with Gasteiger partial charge < -0.3 is 0 Å². The molecule has 12 aromatic rings. The minimum atomic E-state index is 0.614. The Morgan fingerprint density at radius 3 is 1.80 bits per heavy atom. The third-order valence-corrected chi connectivity index (χ3v) is 10.9. The van der Waals surface area contributed by atoms with Gasteiger partial charge >= 0.3 is 0 Å². The van der Waals surface area contributed by atoms with E-state index < -0.39 is 0 Å². The number of fused-ring (bicyclic) bond motifs is 11. The lowest BCUT2D eigenvalue weighted by atomic mass is 9.99. The fraction of sp³-hybridized carbons (Fsp3) is 0. The molecule has 0 aliphatic carbocycles. The Kier molecular flexibility index (Phi) is 6.50. The molecule has 0 bridgehead atoms. The molecule has 260 valence electrons. The van der Waals surface area contributed by atoms with Gasteiger partial charge in [0.05, 0.1) is 27.6 Å². The average molecular weight is 716 g/mol. The largest absolute Gasteiger partial charge is 0.278 e. The van der Waals surface area contributed by atoms with Gasteiger partial charge in [-0.1, -0.05) is 140 Å². The maximum Gasteiger partial charge on any atom is 0.221 e. The summed E-state index contributed by atoms with van der Waals surface area (Å²) in [6.45, 7) is 0. The van der Waals surface area contributed by atoms with Crippen molar-refractivity contribution in [2.45, 2.75) is 0 Å². The van der Waals surface area contributed by atoms with Gasteiger partial charge in [0, 0.05) is 38.2 Å². The van der Waals surface area contributed by atoms with Gasteiger partial charge in [-0.2, -0.15) is 0 Å². The number of aromatic nitrogens is 7. The van der Waals surface area contributed by atoms with E-state index in [2.05, 4.69) is 155 Å². The van der Waals surface area contributed by atoms with Crippen molar-refractivity contribution in [1.29, 1.82) is 0 Å². The van der Waals surface area contributed by atoms with Crippen molar-refractivity contribution in [3.8, 4) is 40.1 Å². The van der Waals surface area contributed by atoms with E-state index in [9.17, 15) is 0 Å². The Balaban J connectivity index is 1.21. The van der Waals surface area contributed by atoms with Gasteiger partial charge in [-0.15, -0.1) is 0 Å². The van der Waals surface area contributed by atoms with E-state index in [1.807, 2.05) is 30.3 Å². The van der Waals surface area contributed by atoms with Gasteiger partial charge in [-0.3, -0.25) is 8.97 Å². The minimum absolute atomic E-state index is 0.614. The number of hydrogen-bond acceptors (Lipinski definition) is 5. The summed E-state index contributed by atoms with van der Waals surface area (Å²) in [6.07, 6.45) is 0. The summed E-state index contributed by atoms with van der Waals surface area (Å²) in [7, 11) is 0. The number of imidazole rings is 1. The summed E-state index contributed by atoms with van der Waals surface area (Å²) >= 11 is 0. The van der Waals surface area contributed by atoms with Crippen molar-refractivity contribution in [2.75, 3.05) is 0 Å². The highest BCUT2D eigenvalue weighted by atomic mass is 15.2. The Morgan fingerprint density at radius 2 is 0.964 bits per heavy atom. The molecule has 0 aliphatic heterocycles. The first-order chi connectivity index (χ1) is 27.8. The molecule has 56 heavy (non-hydrogen) atoms. The zero-order valence-electron chi connectivity index (χ0n) is 29.9. The highest BCUT2D eigenvalue weighted by molar-refractivity contribution is 6.22. The van der Waals surface area contributed by atoms with Crippen LogP contribution in [0.15, 0.2) is 176 Å². The molecule has 0 unspecified atom stereocenters. The molecule has 7 heteroatoms. The van der Waals surface area contributed by atoms with E-state index in [4.69, 9.17) is 24.9 Å². The smallest absolute Gasteiger partial charge is 0.221 e. The van der Waals surface area contributed by atoms with Crippen molar-refractivity contribution in [2.24, 2.45) is 0 Å². The Labute approximate surface area is 319 Å². The van der Waals surface area contributed by atoms with Gasteiger partial charge in [-0.25, -0.2) is 24.9 Å². The first kappa shape index (κ1) is 30.7. The van der Waals surface area contributed by atoms with Gasteiger partial charge in [0.25, 0.3) is 0 Å². The van der Waals surface area contributed by atoms with Gasteiger partial charge in [0.1, 0.15) is 5.65 Å². The van der Waals surface area contributed by atoms with E-state index in [0.717, 1.165) is 93.6 Å². The van der Waals surface area contributed by atoms with Crippen LogP contribution in [0.1, 0.15) is 0 Å². The molecule has 0 saturated heterocycles. The maximum atomic E-state index is 5.42. The second-order valence-corrected chi connectivity index (χ2v) is 14.1. The molecule has 0 aliphatic rings. The summed E-state index contributed by atoms with van der Waals surface area (Å²) in [4.78, 5) is 26.2. The lowest BCUT2D eigenvalue weighted by Crippen LogP contribution is -2.06. The van der Waals surface area contributed by atoms with Crippen LogP contribution in [0.5, 0.6) is 0 Å². The number of benzene rings is 8. The Bertz CT molecular complexity index is 3540. The molecule has 0 saturated carbocycles. The highest BCUT2D eigenvalue weighted by Gasteiger charge is 2.24. The molecule has 12 rings (SSSR count). The summed E-state index contributed by atoms with van der Waals surface area (Å²) in [5, 5.41) is 7.52. The number of rotatable bonds is 4. The van der Waals surface area contributed by atoms with Crippen LogP contribution in [0, 0.1) is 0 Å². The van der Waals surface area contributed by atoms with Crippen molar-refractivity contribution in [3.63, 3.8) is 0 Å². The molecule has 0 radical (unpaired) electrons. The summed E-state index contributed by atoms with van der Waals surface area (Å²) in [6, 6.07) is 60.8. The monoisotopic (exact) mass is 715 g/mol. The van der Waals surface area contributed by atoms with Gasteiger partial charge in [0.15, 0.2) is 17.5 Å². The summed E-state index contributed by atoms with van der Waals surface area (Å²) < 4.78 is 4.52. The van der Waals surface area contributed by atoms with Gasteiger partial charge in [0.2, 0.25) is 5.95 Å². The van der Waals surface area contributed by atoms with E-state index >= 15 is 0 Å². The lowest BCUT2D eigenvalue weighted by molar-refractivity contribution is 0.982. The molecule has 0 spiro atoms. The lowest BCUT2D eigenvalue weighted by Gasteiger charge is -2.15. The van der Waals surface area contributed by atoms with Crippen LogP contribution in [0.4, 0.5) is 0 Å². The number of para-hydroxylation sites is 4. The van der Waals surface area contributed by atoms with E-state index in [-0.39, 0.29) is 0 Å². The third kappa shape index (κ3) is 4.48. The summed E-state index contributed by atoms with van der Waals surface area (Å²) in [5.41, 5.74) is 8.61. The molecular formula is C49H29N7. The van der Waals surface area contributed by atoms with E-state index in [0.29, 0.717) is 17.5 Å². The van der Waals surface area contributed by atoms with Crippen LogP contribution in [0.3, 0.4) is 0 Å². The fourth-order valence-corrected chi connectivity index (χ4v) is 8.45. The SMILES string of the molecule is c1ccc(-c2nc(-c3cccc4ccccc34)nc(-c3cc4c5ccccc5n(-c5nc6ccccc6c6nc7ccccc7n56)c4c4ccccc34)n2)cc1. The number of nitrogens with zero attached hydrogens (tertiary/aromatic N) is 7. The Hall–Kier alpha value is -7.77. The second kappa shape index (κ2) is 11.9. The first-order valence-electron chi connectivity index (χ1n) is 18.7.